The van der Waals surface area contributed by atoms with Gasteiger partial charge < -0.3 is 4.57 Å². The maximum absolute atomic E-state index is 13.5. The fraction of sp³-hybridized carbons (Fsp3) is 0.355. The molecule has 7 nitrogen and oxygen atoms in total. The molecule has 1 aromatic heterocycles. The Morgan fingerprint density at radius 1 is 0.947 bits per heavy atom. The molecule has 4 bridgehead atoms. The van der Waals surface area contributed by atoms with Gasteiger partial charge in [0.2, 0.25) is 0 Å². The second kappa shape index (κ2) is 8.42. The van der Waals surface area contributed by atoms with Gasteiger partial charge in [-0.3, -0.25) is 14.9 Å². The van der Waals surface area contributed by atoms with Crippen molar-refractivity contribution in [2.24, 2.45) is 17.8 Å². The van der Waals surface area contributed by atoms with Crippen LogP contribution in [0.1, 0.15) is 49.7 Å². The van der Waals surface area contributed by atoms with E-state index in [4.69, 9.17) is 0 Å². The number of urea groups is 1. The molecular formula is C31H28N4O3. The quantitative estimate of drug-likeness (QED) is 0.385. The van der Waals surface area contributed by atoms with E-state index in [2.05, 4.69) is 23.5 Å². The summed E-state index contributed by atoms with van der Waals surface area (Å²) in [4.78, 5) is 40.2. The lowest BCUT2D eigenvalue weighted by Gasteiger charge is -2.57. The smallest absolute Gasteiger partial charge is 0.333 e. The molecule has 38 heavy (non-hydrogen) atoms. The van der Waals surface area contributed by atoms with Crippen LogP contribution in [0.15, 0.2) is 60.3 Å². The number of para-hydroxylation sites is 1. The molecule has 8 rings (SSSR count). The van der Waals surface area contributed by atoms with Crippen LogP contribution in [0, 0.1) is 29.1 Å². The second-order valence-electron chi connectivity index (χ2n) is 11.6. The number of anilines is 1. The van der Waals surface area contributed by atoms with Crippen molar-refractivity contribution < 1.29 is 14.4 Å². The van der Waals surface area contributed by atoms with E-state index in [1.807, 2.05) is 36.4 Å². The van der Waals surface area contributed by atoms with Gasteiger partial charge in [0.15, 0.2) is 0 Å². The third-order valence-electron chi connectivity index (χ3n) is 9.24. The van der Waals surface area contributed by atoms with Crippen LogP contribution in [0.2, 0.25) is 0 Å². The van der Waals surface area contributed by atoms with E-state index in [-0.39, 0.29) is 17.5 Å². The van der Waals surface area contributed by atoms with E-state index in [1.165, 1.54) is 50.2 Å². The summed E-state index contributed by atoms with van der Waals surface area (Å²) in [7, 11) is 0. The van der Waals surface area contributed by atoms with Crippen molar-refractivity contribution >= 4 is 40.5 Å². The highest BCUT2D eigenvalue weighted by molar-refractivity contribution is 6.39. The van der Waals surface area contributed by atoms with Gasteiger partial charge in [0.1, 0.15) is 12.1 Å². The van der Waals surface area contributed by atoms with Gasteiger partial charge in [-0.15, -0.1) is 0 Å². The average Bonchev–Trinajstić information content (AvgIpc) is 3.23. The molecule has 1 saturated heterocycles. The Morgan fingerprint density at radius 3 is 2.26 bits per heavy atom. The van der Waals surface area contributed by atoms with Crippen LogP contribution in [0.4, 0.5) is 10.5 Å². The number of rotatable bonds is 4. The zero-order valence-electron chi connectivity index (χ0n) is 21.0. The molecule has 1 N–H and O–H groups in total. The van der Waals surface area contributed by atoms with Crippen LogP contribution in [0.3, 0.4) is 0 Å². The van der Waals surface area contributed by atoms with Crippen molar-refractivity contribution in [1.82, 2.24) is 9.88 Å². The first-order chi connectivity index (χ1) is 18.4. The molecule has 5 fully saturated rings. The summed E-state index contributed by atoms with van der Waals surface area (Å²) in [5.74, 6) is 1.10. The lowest BCUT2D eigenvalue weighted by molar-refractivity contribution is -0.122. The first-order valence-electron chi connectivity index (χ1n) is 13.4. The summed E-state index contributed by atoms with van der Waals surface area (Å²) in [6.45, 7) is 0.143. The Labute approximate surface area is 220 Å². The Morgan fingerprint density at radius 2 is 1.61 bits per heavy atom. The lowest BCUT2D eigenvalue weighted by Crippen LogP contribution is -2.54. The number of hydrogen-bond donors (Lipinski definition) is 1. The molecule has 3 aromatic rings. The van der Waals surface area contributed by atoms with Crippen LogP contribution in [-0.4, -0.2) is 22.4 Å². The standard InChI is InChI=1S/C31H28N4O3/c32-9-10-34-18-22(25-3-1-2-4-27(25)34)14-26-28(36)33-30(38)35(29(26)37)24-7-5-23(6-8-24)31-15-19-11-20(16-31)13-21(12-19)17-31/h1-8,14,18-21H,10-13,15-17H2,(H,33,36,38)/b26-14+. The number of carbonyl (C=O) groups excluding carboxylic acids is 3. The Kier molecular flexibility index (Phi) is 5.09. The van der Waals surface area contributed by atoms with Crippen molar-refractivity contribution in [3.63, 3.8) is 0 Å². The summed E-state index contributed by atoms with van der Waals surface area (Å²) in [5.41, 5.74) is 3.34. The SMILES string of the molecule is N#CCn1cc(/C=C2\C(=O)NC(=O)N(c3ccc(C45CC6CC(CC(C6)C4)C5)cc3)C2=O)c2ccccc21. The van der Waals surface area contributed by atoms with Gasteiger partial charge in [0.25, 0.3) is 11.8 Å². The third-order valence-corrected chi connectivity index (χ3v) is 9.24. The first kappa shape index (κ1) is 23.0. The number of benzene rings is 2. The molecular weight excluding hydrogens is 476 g/mol. The molecule has 0 spiro atoms. The topological polar surface area (TPSA) is 95.2 Å². The molecule has 0 unspecified atom stereocenters. The van der Waals surface area contributed by atoms with Crippen molar-refractivity contribution in [3.05, 3.63) is 71.4 Å². The second-order valence-corrected chi connectivity index (χ2v) is 11.6. The number of imide groups is 2. The van der Waals surface area contributed by atoms with Gasteiger partial charge in [-0.1, -0.05) is 30.3 Å². The highest BCUT2D eigenvalue weighted by Crippen LogP contribution is 2.60. The average molecular weight is 505 g/mol. The zero-order chi connectivity index (χ0) is 26.0. The number of hydrogen-bond acceptors (Lipinski definition) is 4. The van der Waals surface area contributed by atoms with Crippen molar-refractivity contribution in [2.75, 3.05) is 4.90 Å². The van der Waals surface area contributed by atoms with Gasteiger partial charge in [0.05, 0.1) is 11.8 Å². The van der Waals surface area contributed by atoms with Crippen LogP contribution >= 0.6 is 0 Å². The summed E-state index contributed by atoms with van der Waals surface area (Å²) in [6, 6.07) is 16.8. The number of fused-ring (bicyclic) bond motifs is 1. The normalized spacial score (nSPS) is 29.2. The van der Waals surface area contributed by atoms with Crippen molar-refractivity contribution in [2.45, 2.75) is 50.5 Å². The van der Waals surface area contributed by atoms with Gasteiger partial charge in [-0.2, -0.15) is 5.26 Å². The molecule has 4 amide bonds. The summed E-state index contributed by atoms with van der Waals surface area (Å²) < 4.78 is 1.78. The highest BCUT2D eigenvalue weighted by Gasteiger charge is 2.51. The molecule has 0 atom stereocenters. The summed E-state index contributed by atoms with van der Waals surface area (Å²) in [6.07, 6.45) is 11.1. The molecule has 2 aromatic carbocycles. The van der Waals surface area contributed by atoms with Crippen molar-refractivity contribution in [3.8, 4) is 6.07 Å². The fourth-order valence-corrected chi connectivity index (χ4v) is 8.07. The number of carbonyl (C=O) groups is 3. The van der Waals surface area contributed by atoms with E-state index in [1.54, 1.807) is 10.8 Å². The predicted octanol–water partition coefficient (Wildman–Crippen LogP) is 5.30. The summed E-state index contributed by atoms with van der Waals surface area (Å²) in [5, 5.41) is 12.4. The minimum Gasteiger partial charge on any atom is -0.333 e. The van der Waals surface area contributed by atoms with Crippen LogP contribution < -0.4 is 10.2 Å². The van der Waals surface area contributed by atoms with Gasteiger partial charge in [0, 0.05) is 22.7 Å². The molecule has 190 valence electrons. The van der Waals surface area contributed by atoms with E-state index in [9.17, 15) is 19.6 Å². The Balaban J connectivity index is 1.21. The lowest BCUT2D eigenvalue weighted by atomic mass is 9.48. The number of nitrogens with one attached hydrogen (secondary N) is 1. The van der Waals surface area contributed by atoms with Crippen LogP contribution in [0.5, 0.6) is 0 Å². The minimum absolute atomic E-state index is 0.116. The molecule has 1 aliphatic heterocycles. The predicted molar refractivity (Wildman–Crippen MR) is 143 cm³/mol. The maximum Gasteiger partial charge on any atom is 0.335 e. The van der Waals surface area contributed by atoms with E-state index in [0.717, 1.165) is 33.6 Å². The molecule has 4 saturated carbocycles. The summed E-state index contributed by atoms with van der Waals surface area (Å²) >= 11 is 0. The zero-order valence-corrected chi connectivity index (χ0v) is 21.0. The van der Waals surface area contributed by atoms with Crippen molar-refractivity contribution in [1.29, 1.82) is 5.26 Å². The highest BCUT2D eigenvalue weighted by atomic mass is 16.2. The van der Waals surface area contributed by atoms with E-state index < -0.39 is 17.8 Å². The van der Waals surface area contributed by atoms with Gasteiger partial charge in [-0.25, -0.2) is 9.69 Å². The van der Waals surface area contributed by atoms with E-state index in [0.29, 0.717) is 11.3 Å². The molecule has 4 aliphatic carbocycles. The number of barbiturate groups is 1. The van der Waals surface area contributed by atoms with Gasteiger partial charge >= 0.3 is 6.03 Å². The minimum atomic E-state index is -0.744. The molecule has 7 heteroatoms. The Bertz CT molecular complexity index is 1540. The number of amides is 4. The molecule has 2 heterocycles. The maximum atomic E-state index is 13.5. The van der Waals surface area contributed by atoms with Crippen LogP contribution in [0.25, 0.3) is 17.0 Å². The monoisotopic (exact) mass is 504 g/mol. The van der Waals surface area contributed by atoms with Crippen LogP contribution in [-0.2, 0) is 21.5 Å². The third kappa shape index (κ3) is 3.51. The van der Waals surface area contributed by atoms with E-state index >= 15 is 0 Å². The molecule has 5 aliphatic rings. The first-order valence-corrected chi connectivity index (χ1v) is 13.4. The Hall–Kier alpha value is -4.18. The number of nitriles is 1. The fourth-order valence-electron chi connectivity index (χ4n) is 8.07. The largest absolute Gasteiger partial charge is 0.335 e. The number of aromatic nitrogens is 1. The molecule has 0 radical (unpaired) electrons. The van der Waals surface area contributed by atoms with Gasteiger partial charge in [-0.05, 0) is 91.5 Å². The number of nitrogens with zero attached hydrogens (tertiary/aromatic N) is 3.